The first-order valence-electron chi connectivity index (χ1n) is 12.0. The van der Waals surface area contributed by atoms with Crippen molar-refractivity contribution >= 4 is 10.9 Å². The summed E-state index contributed by atoms with van der Waals surface area (Å²) in [6.45, 7) is 11.7. The molecule has 0 aliphatic rings. The van der Waals surface area contributed by atoms with E-state index in [0.29, 0.717) is 13.1 Å². The van der Waals surface area contributed by atoms with Crippen LogP contribution in [0.15, 0.2) is 59.4 Å². The number of nitrogens with zero attached hydrogens (tertiary/aromatic N) is 5. The van der Waals surface area contributed by atoms with E-state index in [0.717, 1.165) is 40.7 Å². The van der Waals surface area contributed by atoms with Gasteiger partial charge in [-0.1, -0.05) is 61.9 Å². The largest absolute Gasteiger partial charge is 0.321 e. The summed E-state index contributed by atoms with van der Waals surface area (Å²) in [5.41, 5.74) is 3.59. The van der Waals surface area contributed by atoms with Crippen molar-refractivity contribution in [1.29, 1.82) is 0 Å². The molecule has 2 aromatic carbocycles. The molecule has 1 N–H and O–H groups in total. The van der Waals surface area contributed by atoms with Crippen molar-refractivity contribution in [3.8, 4) is 0 Å². The Morgan fingerprint density at radius 2 is 1.82 bits per heavy atom. The van der Waals surface area contributed by atoms with Gasteiger partial charge >= 0.3 is 0 Å². The Hall–Kier alpha value is -3.32. The van der Waals surface area contributed by atoms with Crippen LogP contribution in [0.4, 0.5) is 0 Å². The highest BCUT2D eigenvalue weighted by atomic mass is 16.1. The predicted molar refractivity (Wildman–Crippen MR) is 135 cm³/mol. The average Bonchev–Trinajstić information content (AvgIpc) is 3.29. The van der Waals surface area contributed by atoms with E-state index in [1.807, 2.05) is 54.1 Å². The number of hydrogen-bond acceptors (Lipinski definition) is 5. The number of aromatic nitrogens is 5. The summed E-state index contributed by atoms with van der Waals surface area (Å²) in [6.07, 6.45) is 1.86. The van der Waals surface area contributed by atoms with Crippen molar-refractivity contribution in [2.45, 2.75) is 72.1 Å². The molecule has 0 saturated heterocycles. The highest BCUT2D eigenvalue weighted by Crippen LogP contribution is 2.30. The minimum absolute atomic E-state index is 0.0352. The number of rotatable bonds is 8. The molecule has 0 aliphatic carbocycles. The maximum atomic E-state index is 13.1. The number of nitrogens with one attached hydrogen (secondary N) is 1. The second-order valence-electron chi connectivity index (χ2n) is 9.98. The molecule has 0 spiro atoms. The van der Waals surface area contributed by atoms with Crippen molar-refractivity contribution < 1.29 is 0 Å². The molecule has 0 radical (unpaired) electrons. The Labute approximate surface area is 200 Å². The minimum atomic E-state index is -0.249. The molecule has 4 aromatic rings. The summed E-state index contributed by atoms with van der Waals surface area (Å²) in [5, 5.41) is 13.8. The van der Waals surface area contributed by atoms with Crippen LogP contribution in [-0.2, 0) is 18.6 Å². The number of hydrogen-bond donors (Lipinski definition) is 1. The van der Waals surface area contributed by atoms with Crippen LogP contribution in [0.25, 0.3) is 10.9 Å². The first-order chi connectivity index (χ1) is 16.3. The normalized spacial score (nSPS) is 13.0. The second-order valence-corrected chi connectivity index (χ2v) is 9.98. The highest BCUT2D eigenvalue weighted by molar-refractivity contribution is 5.81. The maximum absolute atomic E-state index is 13.1. The number of fused-ring (bicyclic) bond motifs is 1. The van der Waals surface area contributed by atoms with E-state index in [2.05, 4.69) is 65.2 Å². The summed E-state index contributed by atoms with van der Waals surface area (Å²) in [6, 6.07) is 18.4. The number of tetrazole rings is 1. The quantitative estimate of drug-likeness (QED) is 0.396. The van der Waals surface area contributed by atoms with Gasteiger partial charge in [-0.15, -0.1) is 5.10 Å². The Morgan fingerprint density at radius 3 is 2.53 bits per heavy atom. The van der Waals surface area contributed by atoms with E-state index in [1.165, 1.54) is 5.56 Å². The van der Waals surface area contributed by atoms with Crippen LogP contribution in [0.3, 0.4) is 0 Å². The van der Waals surface area contributed by atoms with Gasteiger partial charge in [0.05, 0.1) is 17.1 Å². The zero-order valence-electron chi connectivity index (χ0n) is 20.7. The standard InChI is InChI=1S/C27H34N6O/c1-6-11-23(25-29-30-31-33(25)27(3,4)5)32(17-20-13-8-7-9-14-20)18-22-16-21-15-10-12-19(2)24(21)28-26(22)34/h7-10,12-16,23H,6,11,17-18H2,1-5H3,(H,28,34)/t23-/m1/s1. The van der Waals surface area contributed by atoms with Crippen molar-refractivity contribution in [3.05, 3.63) is 87.5 Å². The molecule has 34 heavy (non-hydrogen) atoms. The van der Waals surface area contributed by atoms with Crippen molar-refractivity contribution in [1.82, 2.24) is 30.1 Å². The molecule has 0 aliphatic heterocycles. The van der Waals surface area contributed by atoms with Gasteiger partial charge in [0.1, 0.15) is 0 Å². The molecule has 0 fully saturated rings. The molecule has 2 heterocycles. The average molecular weight is 459 g/mol. The molecule has 0 bridgehead atoms. The Morgan fingerprint density at radius 1 is 1.06 bits per heavy atom. The van der Waals surface area contributed by atoms with E-state index < -0.39 is 0 Å². The zero-order valence-corrected chi connectivity index (χ0v) is 20.7. The second kappa shape index (κ2) is 9.89. The van der Waals surface area contributed by atoms with E-state index in [9.17, 15) is 4.79 Å². The molecule has 0 unspecified atom stereocenters. The fraction of sp³-hybridized carbons (Fsp3) is 0.407. The van der Waals surface area contributed by atoms with Gasteiger partial charge in [-0.05, 0) is 67.1 Å². The third kappa shape index (κ3) is 5.09. The topological polar surface area (TPSA) is 79.7 Å². The van der Waals surface area contributed by atoms with E-state index in [-0.39, 0.29) is 17.1 Å². The Balaban J connectivity index is 1.79. The van der Waals surface area contributed by atoms with Gasteiger partial charge in [0.25, 0.3) is 5.56 Å². The lowest BCUT2D eigenvalue weighted by Crippen LogP contribution is -2.35. The van der Waals surface area contributed by atoms with E-state index >= 15 is 0 Å². The number of para-hydroxylation sites is 1. The van der Waals surface area contributed by atoms with Crippen LogP contribution in [0.1, 0.15) is 69.1 Å². The van der Waals surface area contributed by atoms with Gasteiger partial charge in [-0.3, -0.25) is 9.69 Å². The molecule has 7 nitrogen and oxygen atoms in total. The van der Waals surface area contributed by atoms with Gasteiger partial charge in [0.2, 0.25) is 0 Å². The first kappa shape index (κ1) is 23.8. The maximum Gasteiger partial charge on any atom is 0.252 e. The van der Waals surface area contributed by atoms with Gasteiger partial charge < -0.3 is 4.98 Å². The van der Waals surface area contributed by atoms with Gasteiger partial charge in [0, 0.05) is 18.7 Å². The number of benzene rings is 2. The highest BCUT2D eigenvalue weighted by Gasteiger charge is 2.30. The van der Waals surface area contributed by atoms with E-state index in [1.54, 1.807) is 0 Å². The molecule has 0 saturated carbocycles. The summed E-state index contributed by atoms with van der Waals surface area (Å²) < 4.78 is 1.92. The van der Waals surface area contributed by atoms with Gasteiger partial charge in [-0.25, -0.2) is 4.68 Å². The summed E-state index contributed by atoms with van der Waals surface area (Å²) in [4.78, 5) is 18.6. The number of aryl methyl sites for hydroxylation is 1. The molecule has 1 atom stereocenters. The van der Waals surface area contributed by atoms with Crippen LogP contribution >= 0.6 is 0 Å². The molecule has 7 heteroatoms. The van der Waals surface area contributed by atoms with Crippen LogP contribution in [-0.4, -0.2) is 30.1 Å². The smallest absolute Gasteiger partial charge is 0.252 e. The molecule has 0 amide bonds. The van der Waals surface area contributed by atoms with Crippen molar-refractivity contribution in [2.24, 2.45) is 0 Å². The number of aromatic amines is 1. The molecular formula is C27H34N6O. The number of pyridine rings is 1. The summed E-state index contributed by atoms with van der Waals surface area (Å²) in [7, 11) is 0. The lowest BCUT2D eigenvalue weighted by molar-refractivity contribution is 0.148. The molecule has 2 aromatic heterocycles. The zero-order chi connectivity index (χ0) is 24.3. The third-order valence-corrected chi connectivity index (χ3v) is 6.20. The van der Waals surface area contributed by atoms with Gasteiger partial charge in [-0.2, -0.15) is 0 Å². The van der Waals surface area contributed by atoms with Crippen LogP contribution in [0.2, 0.25) is 0 Å². The Kier molecular flexibility index (Phi) is 6.93. The summed E-state index contributed by atoms with van der Waals surface area (Å²) >= 11 is 0. The lowest BCUT2D eigenvalue weighted by Gasteiger charge is -2.33. The van der Waals surface area contributed by atoms with Crippen LogP contribution < -0.4 is 5.56 Å². The monoisotopic (exact) mass is 458 g/mol. The van der Waals surface area contributed by atoms with Crippen LogP contribution in [0.5, 0.6) is 0 Å². The molecule has 178 valence electrons. The minimum Gasteiger partial charge on any atom is -0.321 e. The number of H-pyrrole nitrogens is 1. The Bertz CT molecular complexity index is 1300. The van der Waals surface area contributed by atoms with Crippen molar-refractivity contribution in [2.75, 3.05) is 0 Å². The summed E-state index contributed by atoms with van der Waals surface area (Å²) in [5.74, 6) is 0.832. The van der Waals surface area contributed by atoms with Crippen molar-refractivity contribution in [3.63, 3.8) is 0 Å². The van der Waals surface area contributed by atoms with Crippen LogP contribution in [0, 0.1) is 6.92 Å². The SMILES string of the molecule is CCC[C@H](c1nnnn1C(C)(C)C)N(Cc1ccccc1)Cc1cc2cccc(C)c2[nH]c1=O. The fourth-order valence-electron chi connectivity index (χ4n) is 4.49. The lowest BCUT2D eigenvalue weighted by atomic mass is 10.0. The first-order valence-corrected chi connectivity index (χ1v) is 12.0. The predicted octanol–water partition coefficient (Wildman–Crippen LogP) is 5.12. The molecular weight excluding hydrogens is 424 g/mol. The molecule has 4 rings (SSSR count). The fourth-order valence-corrected chi connectivity index (χ4v) is 4.49. The third-order valence-electron chi connectivity index (χ3n) is 6.20. The van der Waals surface area contributed by atoms with Gasteiger partial charge in [0.15, 0.2) is 5.82 Å². The van der Waals surface area contributed by atoms with E-state index in [4.69, 9.17) is 0 Å².